The molecule has 0 aromatic heterocycles. The zero-order chi connectivity index (χ0) is 19.7. The SMILES string of the molecule is C[C@H]1CC(=O)Nc2ccccc2N1C(=O)COC(=O)c1ccc2c(c1)OCO2. The van der Waals surface area contributed by atoms with Crippen LogP contribution in [0, 0.1) is 0 Å². The number of anilines is 2. The largest absolute Gasteiger partial charge is 0.454 e. The summed E-state index contributed by atoms with van der Waals surface area (Å²) >= 11 is 0. The Morgan fingerprint density at radius 2 is 1.96 bits per heavy atom. The third kappa shape index (κ3) is 3.36. The molecule has 1 N–H and O–H groups in total. The van der Waals surface area contributed by atoms with Crippen molar-refractivity contribution in [2.45, 2.75) is 19.4 Å². The summed E-state index contributed by atoms with van der Waals surface area (Å²) in [6, 6.07) is 11.3. The molecule has 0 spiro atoms. The molecule has 0 saturated carbocycles. The van der Waals surface area contributed by atoms with Crippen LogP contribution in [-0.2, 0) is 14.3 Å². The zero-order valence-electron chi connectivity index (χ0n) is 15.1. The van der Waals surface area contributed by atoms with E-state index < -0.39 is 18.5 Å². The Labute approximate surface area is 161 Å². The molecule has 0 fully saturated rings. The first-order chi connectivity index (χ1) is 13.5. The lowest BCUT2D eigenvalue weighted by Crippen LogP contribution is -2.41. The van der Waals surface area contributed by atoms with Gasteiger partial charge in [-0.1, -0.05) is 12.1 Å². The molecule has 2 aromatic carbocycles. The molecule has 0 unspecified atom stereocenters. The molecule has 28 heavy (non-hydrogen) atoms. The minimum atomic E-state index is -0.642. The molecule has 2 amide bonds. The summed E-state index contributed by atoms with van der Waals surface area (Å²) in [6.45, 7) is 1.44. The van der Waals surface area contributed by atoms with Crippen LogP contribution < -0.4 is 19.7 Å². The van der Waals surface area contributed by atoms with Gasteiger partial charge >= 0.3 is 5.97 Å². The van der Waals surface area contributed by atoms with Crippen LogP contribution in [0.5, 0.6) is 11.5 Å². The number of esters is 1. The number of nitrogens with one attached hydrogen (secondary N) is 1. The monoisotopic (exact) mass is 382 g/mol. The Bertz CT molecular complexity index is 957. The van der Waals surface area contributed by atoms with Crippen LogP contribution in [-0.4, -0.2) is 37.2 Å². The smallest absolute Gasteiger partial charge is 0.338 e. The number of hydrogen-bond donors (Lipinski definition) is 1. The van der Waals surface area contributed by atoms with Crippen molar-refractivity contribution in [2.75, 3.05) is 23.6 Å². The minimum absolute atomic E-state index is 0.103. The molecule has 0 bridgehead atoms. The van der Waals surface area contributed by atoms with Gasteiger partial charge in [-0.2, -0.15) is 0 Å². The van der Waals surface area contributed by atoms with Gasteiger partial charge in [-0.25, -0.2) is 4.79 Å². The lowest BCUT2D eigenvalue weighted by molar-refractivity contribution is -0.122. The van der Waals surface area contributed by atoms with E-state index in [4.69, 9.17) is 14.2 Å². The first-order valence-electron chi connectivity index (χ1n) is 8.80. The summed E-state index contributed by atoms with van der Waals surface area (Å²) in [4.78, 5) is 38.6. The van der Waals surface area contributed by atoms with Crippen LogP contribution in [0.1, 0.15) is 23.7 Å². The van der Waals surface area contributed by atoms with Gasteiger partial charge in [0, 0.05) is 12.5 Å². The fourth-order valence-corrected chi connectivity index (χ4v) is 3.27. The number of hydrogen-bond acceptors (Lipinski definition) is 6. The third-order valence-electron chi connectivity index (χ3n) is 4.56. The number of rotatable bonds is 3. The van der Waals surface area contributed by atoms with Crippen molar-refractivity contribution in [3.63, 3.8) is 0 Å². The van der Waals surface area contributed by atoms with E-state index >= 15 is 0 Å². The summed E-state index contributed by atoms with van der Waals surface area (Å²) in [6.07, 6.45) is 0.149. The molecule has 2 aliphatic rings. The van der Waals surface area contributed by atoms with Crippen LogP contribution >= 0.6 is 0 Å². The van der Waals surface area contributed by atoms with Crippen molar-refractivity contribution in [1.29, 1.82) is 0 Å². The topological polar surface area (TPSA) is 94.2 Å². The Morgan fingerprint density at radius 3 is 2.82 bits per heavy atom. The van der Waals surface area contributed by atoms with Gasteiger partial charge < -0.3 is 24.4 Å². The van der Waals surface area contributed by atoms with Crippen molar-refractivity contribution in [1.82, 2.24) is 0 Å². The van der Waals surface area contributed by atoms with E-state index in [1.807, 2.05) is 0 Å². The number of fused-ring (bicyclic) bond motifs is 2. The maximum Gasteiger partial charge on any atom is 0.338 e. The number of nitrogens with zero attached hydrogens (tertiary/aromatic N) is 1. The maximum absolute atomic E-state index is 12.8. The van der Waals surface area contributed by atoms with Crippen LogP contribution in [0.25, 0.3) is 0 Å². The first-order valence-corrected chi connectivity index (χ1v) is 8.80. The number of carbonyl (C=O) groups is 3. The van der Waals surface area contributed by atoms with Crippen LogP contribution in [0.4, 0.5) is 11.4 Å². The summed E-state index contributed by atoms with van der Waals surface area (Å²) in [7, 11) is 0. The third-order valence-corrected chi connectivity index (χ3v) is 4.56. The van der Waals surface area contributed by atoms with Gasteiger partial charge in [0.1, 0.15) is 0 Å². The fraction of sp³-hybridized carbons (Fsp3) is 0.250. The summed E-state index contributed by atoms with van der Waals surface area (Å²) < 4.78 is 15.7. The predicted molar refractivity (Wildman–Crippen MR) is 99.5 cm³/mol. The molecule has 0 radical (unpaired) electrons. The van der Waals surface area contributed by atoms with E-state index in [0.29, 0.717) is 22.9 Å². The number of carbonyl (C=O) groups excluding carboxylic acids is 3. The van der Waals surface area contributed by atoms with Crippen molar-refractivity contribution in [2.24, 2.45) is 0 Å². The Kier molecular flexibility index (Phi) is 4.60. The Morgan fingerprint density at radius 1 is 1.18 bits per heavy atom. The highest BCUT2D eigenvalue weighted by atomic mass is 16.7. The number of benzene rings is 2. The number of para-hydroxylation sites is 2. The fourth-order valence-electron chi connectivity index (χ4n) is 3.27. The molecule has 2 aromatic rings. The molecule has 0 aliphatic carbocycles. The molecular formula is C20H18N2O6. The normalized spacial score (nSPS) is 17.4. The molecule has 144 valence electrons. The van der Waals surface area contributed by atoms with Crippen LogP contribution in [0.15, 0.2) is 42.5 Å². The summed E-state index contributed by atoms with van der Waals surface area (Å²) in [5.74, 6) is -0.213. The molecule has 8 nitrogen and oxygen atoms in total. The molecule has 2 aliphatic heterocycles. The minimum Gasteiger partial charge on any atom is -0.454 e. The number of ether oxygens (including phenoxy) is 3. The highest BCUT2D eigenvalue weighted by Gasteiger charge is 2.30. The van der Waals surface area contributed by atoms with E-state index in [0.717, 1.165) is 0 Å². The van der Waals surface area contributed by atoms with Gasteiger partial charge in [0.05, 0.1) is 16.9 Å². The Balaban J connectivity index is 1.48. The standard InChI is InChI=1S/C20H18N2O6/c1-12-8-18(23)21-14-4-2-3-5-15(14)22(12)19(24)10-26-20(25)13-6-7-16-17(9-13)28-11-27-16/h2-7,9,12H,8,10-11H2,1H3,(H,21,23)/t12-/m0/s1. The maximum atomic E-state index is 12.8. The highest BCUT2D eigenvalue weighted by Crippen LogP contribution is 2.33. The molecule has 2 heterocycles. The van der Waals surface area contributed by atoms with Gasteiger partial charge in [0.25, 0.3) is 5.91 Å². The summed E-state index contributed by atoms with van der Waals surface area (Å²) in [5, 5.41) is 2.79. The number of amides is 2. The lowest BCUT2D eigenvalue weighted by atomic mass is 10.1. The van der Waals surface area contributed by atoms with Crippen molar-refractivity contribution in [3.8, 4) is 11.5 Å². The summed E-state index contributed by atoms with van der Waals surface area (Å²) in [5.41, 5.74) is 1.38. The van der Waals surface area contributed by atoms with Gasteiger partial charge in [0.2, 0.25) is 12.7 Å². The second-order valence-corrected chi connectivity index (χ2v) is 6.53. The van der Waals surface area contributed by atoms with Gasteiger partial charge in [0.15, 0.2) is 18.1 Å². The molecule has 4 rings (SSSR count). The molecular weight excluding hydrogens is 364 g/mol. The van der Waals surface area contributed by atoms with Crippen molar-refractivity contribution < 1.29 is 28.6 Å². The van der Waals surface area contributed by atoms with Gasteiger partial charge in [-0.15, -0.1) is 0 Å². The molecule has 1 atom stereocenters. The quantitative estimate of drug-likeness (QED) is 0.819. The second kappa shape index (κ2) is 7.22. The van der Waals surface area contributed by atoms with Crippen LogP contribution in [0.2, 0.25) is 0 Å². The average molecular weight is 382 g/mol. The van der Waals surface area contributed by atoms with E-state index in [1.54, 1.807) is 43.3 Å². The van der Waals surface area contributed by atoms with Crippen LogP contribution in [0.3, 0.4) is 0 Å². The van der Waals surface area contributed by atoms with E-state index in [-0.39, 0.29) is 30.7 Å². The zero-order valence-corrected chi connectivity index (χ0v) is 15.1. The van der Waals surface area contributed by atoms with E-state index in [2.05, 4.69) is 5.32 Å². The average Bonchev–Trinajstić information content (AvgIpc) is 3.10. The first kappa shape index (κ1) is 17.8. The second-order valence-electron chi connectivity index (χ2n) is 6.53. The van der Waals surface area contributed by atoms with Crippen molar-refractivity contribution in [3.05, 3.63) is 48.0 Å². The molecule has 0 saturated heterocycles. The molecule has 8 heteroatoms. The highest BCUT2D eigenvalue weighted by molar-refractivity contribution is 6.05. The predicted octanol–water partition coefficient (Wildman–Crippen LogP) is 2.34. The lowest BCUT2D eigenvalue weighted by Gasteiger charge is -2.27. The Hall–Kier alpha value is -3.55. The van der Waals surface area contributed by atoms with E-state index in [1.165, 1.54) is 11.0 Å². The van der Waals surface area contributed by atoms with Crippen molar-refractivity contribution >= 4 is 29.2 Å². The van der Waals surface area contributed by atoms with Gasteiger partial charge in [-0.3, -0.25) is 9.59 Å². The van der Waals surface area contributed by atoms with Gasteiger partial charge in [-0.05, 0) is 37.3 Å². The van der Waals surface area contributed by atoms with E-state index in [9.17, 15) is 14.4 Å².